The van der Waals surface area contributed by atoms with Gasteiger partial charge in [-0.05, 0) is 93.4 Å². The van der Waals surface area contributed by atoms with Crippen LogP contribution in [0.1, 0.15) is 79.9 Å². The van der Waals surface area contributed by atoms with Crippen LogP contribution in [0.15, 0.2) is 35.5 Å². The van der Waals surface area contributed by atoms with Crippen molar-refractivity contribution >= 4 is 11.8 Å². The van der Waals surface area contributed by atoms with Gasteiger partial charge in [0.25, 0.3) is 0 Å². The van der Waals surface area contributed by atoms with Crippen LogP contribution in [0.3, 0.4) is 0 Å². The summed E-state index contributed by atoms with van der Waals surface area (Å²) < 4.78 is 1.90. The van der Waals surface area contributed by atoms with Crippen molar-refractivity contribution in [3.8, 4) is 11.9 Å². The van der Waals surface area contributed by atoms with E-state index in [9.17, 15) is 15.2 Å². The van der Waals surface area contributed by atoms with Crippen molar-refractivity contribution in [2.75, 3.05) is 0 Å². The predicted molar refractivity (Wildman–Crippen MR) is 123 cm³/mol. The highest BCUT2D eigenvalue weighted by Crippen LogP contribution is 2.56. The summed E-state index contributed by atoms with van der Waals surface area (Å²) in [5, 5.41) is 27.3. The van der Waals surface area contributed by atoms with E-state index in [0.29, 0.717) is 5.84 Å². The summed E-state index contributed by atoms with van der Waals surface area (Å²) in [6, 6.07) is 6.80. The molecule has 1 heterocycles. The van der Waals surface area contributed by atoms with Gasteiger partial charge in [0.15, 0.2) is 0 Å². The molecule has 4 bridgehead atoms. The number of nitrogens with one attached hydrogen (secondary N) is 1. The van der Waals surface area contributed by atoms with Crippen LogP contribution in [-0.2, 0) is 5.41 Å². The first-order valence-electron chi connectivity index (χ1n) is 12.1. The van der Waals surface area contributed by atoms with Gasteiger partial charge >= 0.3 is 5.97 Å². The molecule has 2 aromatic rings. The Morgan fingerprint density at radius 1 is 1.15 bits per heavy atom. The zero-order valence-corrected chi connectivity index (χ0v) is 18.9. The number of carboxylic acids is 1. The molecule has 5 fully saturated rings. The fraction of sp³-hybridized carbons (Fsp3) is 0.538. The Morgan fingerprint density at radius 3 is 2.27 bits per heavy atom. The van der Waals surface area contributed by atoms with Gasteiger partial charge in [0.05, 0.1) is 28.7 Å². The Morgan fingerprint density at radius 2 is 1.76 bits per heavy atom. The molecule has 0 aliphatic heterocycles. The maximum Gasteiger partial charge on any atom is 0.335 e. The highest BCUT2D eigenvalue weighted by atomic mass is 16.4. The Bertz CT molecular complexity index is 1150. The molecule has 170 valence electrons. The van der Waals surface area contributed by atoms with Crippen LogP contribution in [0, 0.1) is 29.2 Å². The molecule has 7 rings (SSSR count). The van der Waals surface area contributed by atoms with E-state index in [1.165, 1.54) is 38.5 Å². The fourth-order valence-corrected chi connectivity index (χ4v) is 7.19. The number of hydrogen-bond acceptors (Lipinski definition) is 4. The molecular weight excluding hydrogens is 414 g/mol. The number of amidine groups is 1. The maximum absolute atomic E-state index is 11.3. The van der Waals surface area contributed by atoms with E-state index < -0.39 is 5.97 Å². The molecule has 7 heteroatoms. The summed E-state index contributed by atoms with van der Waals surface area (Å²) >= 11 is 0. The lowest BCUT2D eigenvalue weighted by molar-refractivity contribution is -0.00996. The van der Waals surface area contributed by atoms with Gasteiger partial charge in [-0.15, -0.1) is 0 Å². The standard InChI is InChI=1S/C26H29N5O2/c1-25(6-7-25)22-21(14-29-31(22)20-4-2-19(3-5-20)24(32)33)23(28-15-27)30-26-11-16-8-17(12-26)10-18(9-16)13-26/h2-5,14,16-18H,6-13H2,1H3,(H,28,30)(H,32,33). The predicted octanol–water partition coefficient (Wildman–Crippen LogP) is 4.41. The minimum absolute atomic E-state index is 0.0311. The number of aliphatic imine (C=N–C) groups is 1. The number of rotatable bonds is 5. The topological polar surface area (TPSA) is 103 Å². The largest absolute Gasteiger partial charge is 0.478 e. The molecule has 5 aliphatic rings. The monoisotopic (exact) mass is 443 g/mol. The molecule has 7 nitrogen and oxygen atoms in total. The van der Waals surface area contributed by atoms with E-state index in [0.717, 1.165) is 47.5 Å². The van der Waals surface area contributed by atoms with E-state index in [-0.39, 0.29) is 16.5 Å². The molecule has 1 aromatic carbocycles. The number of nitriles is 1. The normalized spacial score (nSPS) is 31.3. The zero-order valence-electron chi connectivity index (χ0n) is 18.9. The lowest BCUT2D eigenvalue weighted by atomic mass is 9.53. The van der Waals surface area contributed by atoms with Crippen LogP contribution in [0.4, 0.5) is 0 Å². The van der Waals surface area contributed by atoms with E-state index in [1.54, 1.807) is 24.3 Å². The number of nitrogens with zero attached hydrogens (tertiary/aromatic N) is 4. The summed E-state index contributed by atoms with van der Waals surface area (Å²) in [6.45, 7) is 2.23. The van der Waals surface area contributed by atoms with Gasteiger partial charge in [-0.3, -0.25) is 0 Å². The maximum atomic E-state index is 11.3. The van der Waals surface area contributed by atoms with Gasteiger partial charge in [0.1, 0.15) is 5.84 Å². The summed E-state index contributed by atoms with van der Waals surface area (Å²) in [5.41, 5.74) is 3.03. The second-order valence-corrected chi connectivity index (χ2v) is 11.1. The lowest BCUT2D eigenvalue weighted by Gasteiger charge is -2.57. The van der Waals surface area contributed by atoms with Gasteiger partial charge in [-0.2, -0.15) is 15.4 Å². The Kier molecular flexibility index (Phi) is 4.45. The van der Waals surface area contributed by atoms with Gasteiger partial charge < -0.3 is 10.4 Å². The fourth-order valence-electron chi connectivity index (χ4n) is 7.19. The quantitative estimate of drug-likeness (QED) is 0.405. The van der Waals surface area contributed by atoms with Gasteiger partial charge in [0, 0.05) is 11.0 Å². The summed E-state index contributed by atoms with van der Waals surface area (Å²) in [4.78, 5) is 15.6. The highest BCUT2D eigenvalue weighted by molar-refractivity contribution is 6.01. The van der Waals surface area contributed by atoms with E-state index >= 15 is 0 Å². The molecule has 5 aliphatic carbocycles. The van der Waals surface area contributed by atoms with Gasteiger partial charge in [0.2, 0.25) is 6.19 Å². The molecule has 5 saturated carbocycles. The third-order valence-electron chi connectivity index (χ3n) is 8.54. The molecule has 1 aromatic heterocycles. The SMILES string of the molecule is CC1(c2c(/C(=N\C#N)NC34CC5CC(CC(C5)C3)C4)cnn2-c2ccc(C(=O)O)cc2)CC1. The molecule has 0 radical (unpaired) electrons. The molecular formula is C26H29N5O2. The number of benzene rings is 1. The molecule has 0 spiro atoms. The first-order chi connectivity index (χ1) is 15.9. The average Bonchev–Trinajstić information content (AvgIpc) is 3.35. The van der Waals surface area contributed by atoms with Crippen LogP contribution in [0.25, 0.3) is 5.69 Å². The van der Waals surface area contributed by atoms with Crippen molar-refractivity contribution in [3.05, 3.63) is 47.3 Å². The molecule has 0 atom stereocenters. The first-order valence-corrected chi connectivity index (χ1v) is 12.1. The second kappa shape index (κ2) is 7.18. The van der Waals surface area contributed by atoms with Crippen molar-refractivity contribution in [3.63, 3.8) is 0 Å². The molecule has 0 amide bonds. The summed E-state index contributed by atoms with van der Waals surface area (Å²) in [7, 11) is 0. The van der Waals surface area contributed by atoms with Gasteiger partial charge in [-0.25, -0.2) is 9.48 Å². The van der Waals surface area contributed by atoms with E-state index in [1.807, 2.05) is 17.1 Å². The lowest BCUT2D eigenvalue weighted by Crippen LogP contribution is -2.60. The van der Waals surface area contributed by atoms with Crippen LogP contribution in [0.5, 0.6) is 0 Å². The number of carboxylic acid groups (broad SMARTS) is 1. The third kappa shape index (κ3) is 3.43. The third-order valence-corrected chi connectivity index (χ3v) is 8.54. The molecule has 2 N–H and O–H groups in total. The Balaban J connectivity index is 1.39. The van der Waals surface area contributed by atoms with Crippen LogP contribution >= 0.6 is 0 Å². The summed E-state index contributed by atoms with van der Waals surface area (Å²) in [5.74, 6) is 2.09. The molecule has 33 heavy (non-hydrogen) atoms. The number of aromatic nitrogens is 2. The first kappa shape index (κ1) is 20.5. The van der Waals surface area contributed by atoms with E-state index in [4.69, 9.17) is 5.10 Å². The van der Waals surface area contributed by atoms with Crippen molar-refractivity contribution in [1.29, 1.82) is 5.26 Å². The highest BCUT2D eigenvalue weighted by Gasteiger charge is 2.52. The Hall–Kier alpha value is -3.14. The minimum Gasteiger partial charge on any atom is -0.478 e. The zero-order chi connectivity index (χ0) is 22.8. The Labute approximate surface area is 193 Å². The van der Waals surface area contributed by atoms with Crippen molar-refractivity contribution in [2.45, 2.75) is 69.2 Å². The van der Waals surface area contributed by atoms with Crippen molar-refractivity contribution in [1.82, 2.24) is 15.1 Å². The average molecular weight is 444 g/mol. The molecule has 0 unspecified atom stereocenters. The van der Waals surface area contributed by atoms with Crippen molar-refractivity contribution in [2.24, 2.45) is 22.7 Å². The smallest absolute Gasteiger partial charge is 0.335 e. The van der Waals surface area contributed by atoms with Crippen LogP contribution < -0.4 is 5.32 Å². The van der Waals surface area contributed by atoms with E-state index in [2.05, 4.69) is 17.2 Å². The van der Waals surface area contributed by atoms with Crippen molar-refractivity contribution < 1.29 is 9.90 Å². The minimum atomic E-state index is -0.944. The van der Waals surface area contributed by atoms with Crippen LogP contribution in [-0.4, -0.2) is 32.2 Å². The number of carbonyl (C=O) groups is 1. The van der Waals surface area contributed by atoms with Gasteiger partial charge in [-0.1, -0.05) is 6.92 Å². The number of hydrogen-bond donors (Lipinski definition) is 2. The number of aromatic carboxylic acids is 1. The van der Waals surface area contributed by atoms with Crippen LogP contribution in [0.2, 0.25) is 0 Å². The second-order valence-electron chi connectivity index (χ2n) is 11.1. The molecule has 0 saturated heterocycles. The summed E-state index contributed by atoms with van der Waals surface area (Å²) in [6.07, 6.45) is 13.6.